The first-order valence-corrected chi connectivity index (χ1v) is 5.16. The lowest BCUT2D eigenvalue weighted by Crippen LogP contribution is -2.23. The van der Waals surface area contributed by atoms with Crippen LogP contribution in [0.1, 0.15) is 0 Å². The van der Waals surface area contributed by atoms with Crippen LogP contribution in [0.25, 0.3) is 0 Å². The van der Waals surface area contributed by atoms with E-state index in [0.29, 0.717) is 22.4 Å². The molecule has 5 heteroatoms. The van der Waals surface area contributed by atoms with Crippen molar-refractivity contribution < 1.29 is 13.9 Å². The standard InChI is InChI=1S/C9H7FINO2/c10-7-5-6(1-2-8(7)11)12-3-4-14-9(12)13/h1-2,5H,3-4H2. The highest BCUT2D eigenvalue weighted by Crippen LogP contribution is 2.22. The smallest absolute Gasteiger partial charge is 0.414 e. The molecule has 0 spiro atoms. The molecule has 0 bridgehead atoms. The Bertz CT molecular complexity index is 383. The zero-order valence-corrected chi connectivity index (χ0v) is 9.32. The van der Waals surface area contributed by atoms with Gasteiger partial charge in [-0.3, -0.25) is 4.90 Å². The van der Waals surface area contributed by atoms with Crippen molar-refractivity contribution in [1.82, 2.24) is 0 Å². The maximum Gasteiger partial charge on any atom is 0.414 e. The SMILES string of the molecule is O=C1OCCN1c1ccc(I)c(F)c1. The summed E-state index contributed by atoms with van der Waals surface area (Å²) < 4.78 is 18.5. The summed E-state index contributed by atoms with van der Waals surface area (Å²) in [5.74, 6) is -0.317. The summed E-state index contributed by atoms with van der Waals surface area (Å²) in [6.45, 7) is 0.852. The fraction of sp³-hybridized carbons (Fsp3) is 0.222. The third kappa shape index (κ3) is 1.68. The van der Waals surface area contributed by atoms with Gasteiger partial charge in [-0.25, -0.2) is 9.18 Å². The molecule has 0 atom stereocenters. The van der Waals surface area contributed by atoms with E-state index in [1.54, 1.807) is 12.1 Å². The number of carbonyl (C=O) groups excluding carboxylic acids is 1. The first-order valence-electron chi connectivity index (χ1n) is 4.08. The summed E-state index contributed by atoms with van der Waals surface area (Å²) in [7, 11) is 0. The number of benzene rings is 1. The molecule has 2 rings (SSSR count). The van der Waals surface area contributed by atoms with E-state index < -0.39 is 6.09 Å². The molecule has 1 amide bonds. The van der Waals surface area contributed by atoms with Gasteiger partial charge in [0.1, 0.15) is 12.4 Å². The molecule has 1 saturated heterocycles. The summed E-state index contributed by atoms with van der Waals surface area (Å²) >= 11 is 1.90. The summed E-state index contributed by atoms with van der Waals surface area (Å²) in [4.78, 5) is 12.6. The van der Waals surface area contributed by atoms with E-state index in [-0.39, 0.29) is 5.82 Å². The van der Waals surface area contributed by atoms with Gasteiger partial charge in [-0.05, 0) is 40.8 Å². The maximum atomic E-state index is 13.2. The Kier molecular flexibility index (Phi) is 2.58. The molecule has 1 aliphatic heterocycles. The van der Waals surface area contributed by atoms with Crippen molar-refractivity contribution >= 4 is 34.4 Å². The minimum absolute atomic E-state index is 0.317. The van der Waals surface area contributed by atoms with Gasteiger partial charge >= 0.3 is 6.09 Å². The zero-order chi connectivity index (χ0) is 10.1. The Morgan fingerprint density at radius 2 is 2.29 bits per heavy atom. The number of halogens is 2. The van der Waals surface area contributed by atoms with Gasteiger partial charge in [0.05, 0.1) is 12.2 Å². The van der Waals surface area contributed by atoms with Crippen molar-refractivity contribution in [2.45, 2.75) is 0 Å². The number of carbonyl (C=O) groups is 1. The van der Waals surface area contributed by atoms with E-state index in [1.165, 1.54) is 11.0 Å². The summed E-state index contributed by atoms with van der Waals surface area (Å²) in [5.41, 5.74) is 0.547. The first-order chi connectivity index (χ1) is 6.68. The van der Waals surface area contributed by atoms with Gasteiger partial charge in [-0.1, -0.05) is 0 Å². The fourth-order valence-electron chi connectivity index (χ4n) is 1.28. The lowest BCUT2D eigenvalue weighted by atomic mass is 10.3. The van der Waals surface area contributed by atoms with Crippen LogP contribution in [0.3, 0.4) is 0 Å². The van der Waals surface area contributed by atoms with Crippen LogP contribution in [0, 0.1) is 9.39 Å². The largest absolute Gasteiger partial charge is 0.447 e. The molecule has 0 unspecified atom stereocenters. The third-order valence-corrected chi connectivity index (χ3v) is 2.85. The summed E-state index contributed by atoms with van der Waals surface area (Å²) in [6, 6.07) is 4.68. The van der Waals surface area contributed by atoms with E-state index in [4.69, 9.17) is 4.74 Å². The van der Waals surface area contributed by atoms with Gasteiger partial charge in [-0.2, -0.15) is 0 Å². The van der Waals surface area contributed by atoms with Crippen molar-refractivity contribution in [1.29, 1.82) is 0 Å². The molecule has 1 heterocycles. The average molecular weight is 307 g/mol. The van der Waals surface area contributed by atoms with E-state index in [0.717, 1.165) is 0 Å². The number of nitrogens with zero attached hydrogens (tertiary/aromatic N) is 1. The highest BCUT2D eigenvalue weighted by molar-refractivity contribution is 14.1. The van der Waals surface area contributed by atoms with Crippen molar-refractivity contribution in [3.05, 3.63) is 27.6 Å². The molecule has 74 valence electrons. The molecule has 3 nitrogen and oxygen atoms in total. The van der Waals surface area contributed by atoms with Gasteiger partial charge < -0.3 is 4.74 Å². The predicted octanol–water partition coefficient (Wildman–Crippen LogP) is 2.39. The van der Waals surface area contributed by atoms with E-state index in [1.807, 2.05) is 22.6 Å². The number of ether oxygens (including phenoxy) is 1. The molecular weight excluding hydrogens is 300 g/mol. The van der Waals surface area contributed by atoms with Crippen molar-refractivity contribution in [3.8, 4) is 0 Å². The Labute approximate surface area is 94.0 Å². The van der Waals surface area contributed by atoms with Crippen LogP contribution >= 0.6 is 22.6 Å². The molecule has 0 aromatic heterocycles. The average Bonchev–Trinajstić information content (AvgIpc) is 2.57. The lowest BCUT2D eigenvalue weighted by Gasteiger charge is -2.12. The molecule has 0 aliphatic carbocycles. The minimum Gasteiger partial charge on any atom is -0.447 e. The summed E-state index contributed by atoms with van der Waals surface area (Å²) in [5, 5.41) is 0. The second-order valence-electron chi connectivity index (χ2n) is 2.86. The highest BCUT2D eigenvalue weighted by atomic mass is 127. The number of rotatable bonds is 1. The molecule has 1 aromatic rings. The molecular formula is C9H7FINO2. The van der Waals surface area contributed by atoms with Gasteiger partial charge in [0.25, 0.3) is 0 Å². The Morgan fingerprint density at radius 3 is 2.86 bits per heavy atom. The fourth-order valence-corrected chi connectivity index (χ4v) is 1.62. The van der Waals surface area contributed by atoms with Crippen LogP contribution < -0.4 is 4.90 Å². The predicted molar refractivity (Wildman–Crippen MR) is 57.8 cm³/mol. The van der Waals surface area contributed by atoms with Gasteiger partial charge in [-0.15, -0.1) is 0 Å². The Hall–Kier alpha value is -0.850. The Morgan fingerprint density at radius 1 is 1.50 bits per heavy atom. The van der Waals surface area contributed by atoms with Crippen LogP contribution in [-0.2, 0) is 4.74 Å². The second kappa shape index (κ2) is 3.72. The number of cyclic esters (lactones) is 1. The first kappa shape index (κ1) is 9.70. The van der Waals surface area contributed by atoms with Crippen molar-refractivity contribution in [2.24, 2.45) is 0 Å². The van der Waals surface area contributed by atoms with Crippen LogP contribution in [0.4, 0.5) is 14.9 Å². The molecule has 0 N–H and O–H groups in total. The number of hydrogen-bond acceptors (Lipinski definition) is 2. The van der Waals surface area contributed by atoms with Gasteiger partial charge in [0.2, 0.25) is 0 Å². The molecule has 0 saturated carbocycles. The van der Waals surface area contributed by atoms with Crippen molar-refractivity contribution in [2.75, 3.05) is 18.1 Å². The van der Waals surface area contributed by atoms with Crippen LogP contribution in [0.15, 0.2) is 18.2 Å². The van der Waals surface area contributed by atoms with Crippen LogP contribution in [0.2, 0.25) is 0 Å². The zero-order valence-electron chi connectivity index (χ0n) is 7.17. The van der Waals surface area contributed by atoms with Crippen LogP contribution in [-0.4, -0.2) is 19.2 Å². The van der Waals surface area contributed by atoms with E-state index in [2.05, 4.69) is 0 Å². The number of hydrogen-bond donors (Lipinski definition) is 0. The van der Waals surface area contributed by atoms with Crippen molar-refractivity contribution in [3.63, 3.8) is 0 Å². The normalized spacial score (nSPS) is 15.9. The minimum atomic E-state index is -0.411. The molecule has 1 fully saturated rings. The highest BCUT2D eigenvalue weighted by Gasteiger charge is 2.23. The second-order valence-corrected chi connectivity index (χ2v) is 4.03. The molecule has 1 aromatic carbocycles. The Balaban J connectivity index is 2.32. The molecule has 14 heavy (non-hydrogen) atoms. The maximum absolute atomic E-state index is 13.2. The quantitative estimate of drug-likeness (QED) is 0.746. The third-order valence-electron chi connectivity index (χ3n) is 1.98. The van der Waals surface area contributed by atoms with E-state index >= 15 is 0 Å². The number of anilines is 1. The molecule has 0 radical (unpaired) electrons. The lowest BCUT2D eigenvalue weighted by molar-refractivity contribution is 0.181. The van der Waals surface area contributed by atoms with Gasteiger partial charge in [0.15, 0.2) is 0 Å². The topological polar surface area (TPSA) is 29.5 Å². The molecule has 1 aliphatic rings. The van der Waals surface area contributed by atoms with E-state index in [9.17, 15) is 9.18 Å². The number of amides is 1. The monoisotopic (exact) mass is 307 g/mol. The summed E-state index contributed by atoms with van der Waals surface area (Å²) in [6.07, 6.45) is -0.411. The van der Waals surface area contributed by atoms with Gasteiger partial charge in [0, 0.05) is 3.57 Å². The van der Waals surface area contributed by atoms with Crippen LogP contribution in [0.5, 0.6) is 0 Å².